The highest BCUT2D eigenvalue weighted by molar-refractivity contribution is 5.36. The maximum atomic E-state index is 4.83. The molecule has 0 unspecified atom stereocenters. The van der Waals surface area contributed by atoms with Crippen molar-refractivity contribution in [3.05, 3.63) is 65.5 Å². The molecule has 1 aromatic heterocycles. The Morgan fingerprint density at radius 1 is 1.16 bits per heavy atom. The van der Waals surface area contributed by atoms with Crippen molar-refractivity contribution in [1.82, 2.24) is 9.88 Å². The lowest BCUT2D eigenvalue weighted by molar-refractivity contribution is -0.0968. The zero-order valence-electron chi connectivity index (χ0n) is 15.2. The Labute approximate surface area is 151 Å². The molecule has 2 heterocycles. The van der Waals surface area contributed by atoms with Crippen molar-refractivity contribution in [2.24, 2.45) is 17.8 Å². The van der Waals surface area contributed by atoms with Crippen LogP contribution < -0.4 is 0 Å². The Balaban J connectivity index is 1.63. The molecule has 2 aliphatic carbocycles. The van der Waals surface area contributed by atoms with Gasteiger partial charge in [-0.05, 0) is 73.6 Å². The highest BCUT2D eigenvalue weighted by atomic mass is 15.2. The molecule has 2 aromatic rings. The standard InChI is InChI=1S/C23H28N2/c1-17-13-19-14-22-21(9-5-11-24-22)23(15-17)20(19)10-6-12-25(23)16-18-7-3-2-4-8-18/h2-5,7-9,11,17,19-20H,6,10,12-16H2,1H3/t17-,19+,20-,23-/m1/s1. The maximum Gasteiger partial charge on any atom is 0.0515 e. The molecule has 1 saturated carbocycles. The third-order valence-corrected chi connectivity index (χ3v) is 7.08. The second-order valence-corrected chi connectivity index (χ2v) is 8.59. The van der Waals surface area contributed by atoms with Crippen LogP contribution in [0.1, 0.15) is 49.4 Å². The van der Waals surface area contributed by atoms with Crippen LogP contribution in [0.4, 0.5) is 0 Å². The van der Waals surface area contributed by atoms with Gasteiger partial charge in [0.15, 0.2) is 0 Å². The van der Waals surface area contributed by atoms with Gasteiger partial charge in [0.2, 0.25) is 0 Å². The van der Waals surface area contributed by atoms with Gasteiger partial charge in [0.05, 0.1) is 5.54 Å². The molecule has 4 atom stereocenters. The Bertz CT molecular complexity index is 756. The van der Waals surface area contributed by atoms with Gasteiger partial charge in [-0.25, -0.2) is 0 Å². The molecule has 2 heteroatoms. The van der Waals surface area contributed by atoms with Crippen LogP contribution in [0.5, 0.6) is 0 Å². The molecule has 2 bridgehead atoms. The van der Waals surface area contributed by atoms with E-state index in [9.17, 15) is 0 Å². The van der Waals surface area contributed by atoms with Crippen LogP contribution in [0.3, 0.4) is 0 Å². The van der Waals surface area contributed by atoms with E-state index >= 15 is 0 Å². The van der Waals surface area contributed by atoms with Gasteiger partial charge in [-0.3, -0.25) is 9.88 Å². The van der Waals surface area contributed by atoms with Crippen LogP contribution in [0.25, 0.3) is 0 Å². The van der Waals surface area contributed by atoms with E-state index in [1.165, 1.54) is 49.9 Å². The number of aromatic nitrogens is 1. The molecule has 25 heavy (non-hydrogen) atoms. The molecule has 1 saturated heterocycles. The van der Waals surface area contributed by atoms with Crippen LogP contribution in [-0.4, -0.2) is 16.4 Å². The second-order valence-electron chi connectivity index (χ2n) is 8.59. The number of hydrogen-bond donors (Lipinski definition) is 0. The Kier molecular flexibility index (Phi) is 3.71. The van der Waals surface area contributed by atoms with Crippen molar-refractivity contribution < 1.29 is 0 Å². The molecular formula is C23H28N2. The van der Waals surface area contributed by atoms with Gasteiger partial charge in [0.25, 0.3) is 0 Å². The van der Waals surface area contributed by atoms with Gasteiger partial charge in [-0.1, -0.05) is 43.3 Å². The zero-order chi connectivity index (χ0) is 16.9. The van der Waals surface area contributed by atoms with Gasteiger partial charge in [0, 0.05) is 18.4 Å². The normalized spacial score (nSPS) is 34.2. The number of pyridine rings is 1. The Hall–Kier alpha value is -1.67. The monoisotopic (exact) mass is 332 g/mol. The average Bonchev–Trinajstić information content (AvgIpc) is 2.63. The summed E-state index contributed by atoms with van der Waals surface area (Å²) in [6.45, 7) is 4.77. The van der Waals surface area contributed by atoms with Gasteiger partial charge < -0.3 is 0 Å². The van der Waals surface area contributed by atoms with E-state index in [4.69, 9.17) is 4.98 Å². The maximum absolute atomic E-state index is 4.83. The smallest absolute Gasteiger partial charge is 0.0515 e. The first-order valence-electron chi connectivity index (χ1n) is 10.0. The van der Waals surface area contributed by atoms with Gasteiger partial charge in [-0.15, -0.1) is 0 Å². The number of likely N-dealkylation sites (tertiary alicyclic amines) is 1. The van der Waals surface area contributed by atoms with E-state index in [1.807, 2.05) is 6.20 Å². The summed E-state index contributed by atoms with van der Waals surface area (Å²) in [6.07, 6.45) is 8.64. The summed E-state index contributed by atoms with van der Waals surface area (Å²) in [4.78, 5) is 7.66. The highest BCUT2D eigenvalue weighted by Crippen LogP contribution is 2.58. The predicted molar refractivity (Wildman–Crippen MR) is 101 cm³/mol. The molecule has 0 spiro atoms. The van der Waals surface area contributed by atoms with Crippen LogP contribution in [-0.2, 0) is 18.5 Å². The first kappa shape index (κ1) is 15.6. The average molecular weight is 332 g/mol. The molecule has 5 rings (SSSR count). The lowest BCUT2D eigenvalue weighted by atomic mass is 9.53. The third kappa shape index (κ3) is 2.38. The molecule has 2 nitrogen and oxygen atoms in total. The third-order valence-electron chi connectivity index (χ3n) is 7.08. The van der Waals surface area contributed by atoms with Crippen molar-refractivity contribution in [2.75, 3.05) is 6.54 Å². The number of nitrogens with zero attached hydrogens (tertiary/aromatic N) is 2. The fourth-order valence-corrected chi connectivity index (χ4v) is 6.35. The minimum absolute atomic E-state index is 0.221. The van der Waals surface area contributed by atoms with E-state index in [0.29, 0.717) is 0 Å². The van der Waals surface area contributed by atoms with E-state index in [1.54, 1.807) is 5.56 Å². The van der Waals surface area contributed by atoms with Crippen molar-refractivity contribution >= 4 is 0 Å². The second kappa shape index (κ2) is 5.95. The summed E-state index contributed by atoms with van der Waals surface area (Å²) >= 11 is 0. The van der Waals surface area contributed by atoms with Gasteiger partial charge >= 0.3 is 0 Å². The summed E-state index contributed by atoms with van der Waals surface area (Å²) in [5, 5.41) is 0. The highest BCUT2D eigenvalue weighted by Gasteiger charge is 2.56. The Morgan fingerprint density at radius 2 is 2.04 bits per heavy atom. The SMILES string of the molecule is C[C@@H]1C[C@H]2Cc3ncccc3[C@@]3(C1)[C@@H]2CCCN3Cc1ccccc1. The summed E-state index contributed by atoms with van der Waals surface area (Å²) in [6, 6.07) is 15.6. The zero-order valence-corrected chi connectivity index (χ0v) is 15.2. The lowest BCUT2D eigenvalue weighted by Gasteiger charge is -2.61. The van der Waals surface area contributed by atoms with Crippen LogP contribution >= 0.6 is 0 Å². The molecule has 1 aromatic carbocycles. The number of piperidine rings is 1. The first-order valence-corrected chi connectivity index (χ1v) is 10.0. The van der Waals surface area contributed by atoms with Crippen molar-refractivity contribution in [2.45, 2.75) is 51.1 Å². The van der Waals surface area contributed by atoms with Crippen molar-refractivity contribution in [1.29, 1.82) is 0 Å². The lowest BCUT2D eigenvalue weighted by Crippen LogP contribution is -2.61. The number of rotatable bonds is 2. The van der Waals surface area contributed by atoms with E-state index in [2.05, 4.69) is 54.3 Å². The minimum Gasteiger partial charge on any atom is -0.289 e. The van der Waals surface area contributed by atoms with E-state index in [-0.39, 0.29) is 5.54 Å². The minimum atomic E-state index is 0.221. The van der Waals surface area contributed by atoms with Crippen molar-refractivity contribution in [3.8, 4) is 0 Å². The van der Waals surface area contributed by atoms with Crippen LogP contribution in [0, 0.1) is 17.8 Å². The molecule has 0 amide bonds. The van der Waals surface area contributed by atoms with E-state index in [0.717, 1.165) is 24.3 Å². The number of fused-ring (bicyclic) bond motifs is 1. The van der Waals surface area contributed by atoms with E-state index < -0.39 is 0 Å². The fourth-order valence-electron chi connectivity index (χ4n) is 6.35. The summed E-state index contributed by atoms with van der Waals surface area (Å²) < 4.78 is 0. The topological polar surface area (TPSA) is 16.1 Å². The molecule has 0 N–H and O–H groups in total. The Morgan fingerprint density at radius 3 is 2.92 bits per heavy atom. The number of benzene rings is 1. The molecule has 130 valence electrons. The van der Waals surface area contributed by atoms with Crippen LogP contribution in [0.2, 0.25) is 0 Å². The summed E-state index contributed by atoms with van der Waals surface area (Å²) in [5.41, 5.74) is 4.61. The molecule has 1 aliphatic heterocycles. The quantitative estimate of drug-likeness (QED) is 0.786. The predicted octanol–water partition coefficient (Wildman–Crippen LogP) is 4.79. The largest absolute Gasteiger partial charge is 0.289 e. The molecule has 0 radical (unpaired) electrons. The first-order chi connectivity index (χ1) is 12.3. The van der Waals surface area contributed by atoms with Gasteiger partial charge in [0.1, 0.15) is 0 Å². The number of hydrogen-bond acceptors (Lipinski definition) is 2. The van der Waals surface area contributed by atoms with Crippen LogP contribution in [0.15, 0.2) is 48.7 Å². The van der Waals surface area contributed by atoms with Gasteiger partial charge in [-0.2, -0.15) is 0 Å². The summed E-state index contributed by atoms with van der Waals surface area (Å²) in [7, 11) is 0. The summed E-state index contributed by atoms with van der Waals surface area (Å²) in [5.74, 6) is 2.45. The fraction of sp³-hybridized carbons (Fsp3) is 0.522. The van der Waals surface area contributed by atoms with Crippen molar-refractivity contribution in [3.63, 3.8) is 0 Å². The molecular weight excluding hydrogens is 304 g/mol. The molecule has 2 fully saturated rings. The molecule has 3 aliphatic rings.